The first-order chi connectivity index (χ1) is 17.1. The van der Waals surface area contributed by atoms with Crippen LogP contribution in [0.4, 0.5) is 15.8 Å². The Morgan fingerprint density at radius 2 is 1.83 bits per heavy atom. The lowest BCUT2D eigenvalue weighted by molar-refractivity contribution is 0.0902. The molecule has 2 N–H and O–H groups in total. The lowest BCUT2D eigenvalue weighted by Crippen LogP contribution is -2.36. The molecule has 190 valence electrons. The molecule has 3 aromatic rings. The van der Waals surface area contributed by atoms with Gasteiger partial charge in [0.2, 0.25) is 5.76 Å². The standard InChI is InChI=1S/C26H30FN5O4/c1-16-21(22-13-23(36-31-22)25(34)29-15-26(2,3)4)12-19(14-28-16)30-24(33)17-9-18(27)11-20(10-17)32-5-7-35-8-6-32/h9-14H,5-8,15H2,1-4H3,(H,29,34)(H,30,33). The van der Waals surface area contributed by atoms with Crippen molar-refractivity contribution in [1.29, 1.82) is 0 Å². The molecule has 0 radical (unpaired) electrons. The third-order valence-electron chi connectivity index (χ3n) is 5.65. The van der Waals surface area contributed by atoms with Gasteiger partial charge in [-0.15, -0.1) is 0 Å². The summed E-state index contributed by atoms with van der Waals surface area (Å²) in [6.07, 6.45) is 1.51. The first-order valence-electron chi connectivity index (χ1n) is 11.8. The van der Waals surface area contributed by atoms with Gasteiger partial charge in [-0.1, -0.05) is 25.9 Å². The minimum Gasteiger partial charge on any atom is -0.378 e. The Morgan fingerprint density at radius 1 is 1.08 bits per heavy atom. The van der Waals surface area contributed by atoms with Gasteiger partial charge < -0.3 is 24.8 Å². The minimum atomic E-state index is -0.494. The molecule has 4 rings (SSSR count). The van der Waals surface area contributed by atoms with Gasteiger partial charge >= 0.3 is 0 Å². The van der Waals surface area contributed by atoms with Crippen LogP contribution in [0.15, 0.2) is 41.1 Å². The molecule has 10 heteroatoms. The molecule has 1 saturated heterocycles. The number of nitrogens with one attached hydrogen (secondary N) is 2. The third kappa shape index (κ3) is 6.25. The van der Waals surface area contributed by atoms with E-state index < -0.39 is 11.7 Å². The van der Waals surface area contributed by atoms with E-state index >= 15 is 0 Å². The predicted octanol–water partition coefficient (Wildman–Crippen LogP) is 4.05. The Bertz CT molecular complexity index is 1260. The fourth-order valence-electron chi connectivity index (χ4n) is 3.72. The molecule has 2 aromatic heterocycles. The van der Waals surface area contributed by atoms with Crippen molar-refractivity contribution >= 4 is 23.2 Å². The quantitative estimate of drug-likeness (QED) is 0.531. The summed E-state index contributed by atoms with van der Waals surface area (Å²) in [6, 6.07) is 7.49. The molecule has 0 spiro atoms. The summed E-state index contributed by atoms with van der Waals surface area (Å²) in [6.45, 7) is 10.7. The maximum absolute atomic E-state index is 14.3. The van der Waals surface area contributed by atoms with Crippen molar-refractivity contribution in [3.63, 3.8) is 0 Å². The van der Waals surface area contributed by atoms with Gasteiger partial charge in [0.15, 0.2) is 0 Å². The number of hydrogen-bond acceptors (Lipinski definition) is 7. The summed E-state index contributed by atoms with van der Waals surface area (Å²) in [5, 5.41) is 9.60. The van der Waals surface area contributed by atoms with E-state index in [0.717, 1.165) is 0 Å². The van der Waals surface area contributed by atoms with Gasteiger partial charge in [-0.2, -0.15) is 0 Å². The van der Waals surface area contributed by atoms with Crippen LogP contribution in [0.1, 0.15) is 47.4 Å². The largest absolute Gasteiger partial charge is 0.378 e. The van der Waals surface area contributed by atoms with E-state index in [1.165, 1.54) is 24.4 Å². The zero-order valence-electron chi connectivity index (χ0n) is 20.9. The van der Waals surface area contributed by atoms with Crippen molar-refractivity contribution in [3.05, 3.63) is 59.4 Å². The number of rotatable bonds is 6. The first-order valence-corrected chi connectivity index (χ1v) is 11.8. The lowest BCUT2D eigenvalue weighted by atomic mass is 9.97. The highest BCUT2D eigenvalue weighted by Crippen LogP contribution is 2.26. The van der Waals surface area contributed by atoms with Gasteiger partial charge in [-0.3, -0.25) is 14.6 Å². The van der Waals surface area contributed by atoms with Crippen molar-refractivity contribution in [2.24, 2.45) is 5.41 Å². The van der Waals surface area contributed by atoms with Crippen LogP contribution in [-0.4, -0.2) is 54.8 Å². The topological polar surface area (TPSA) is 110 Å². The number of aromatic nitrogens is 2. The summed E-state index contributed by atoms with van der Waals surface area (Å²) in [7, 11) is 0. The number of amides is 2. The number of carbonyl (C=O) groups is 2. The third-order valence-corrected chi connectivity index (χ3v) is 5.65. The number of ether oxygens (including phenoxy) is 1. The summed E-state index contributed by atoms with van der Waals surface area (Å²) in [5.74, 6) is -1.24. The van der Waals surface area contributed by atoms with Crippen molar-refractivity contribution in [2.75, 3.05) is 43.1 Å². The SMILES string of the molecule is Cc1ncc(NC(=O)c2cc(F)cc(N3CCOCC3)c2)cc1-c1cc(C(=O)NCC(C)(C)C)on1. The van der Waals surface area contributed by atoms with Crippen LogP contribution in [0, 0.1) is 18.2 Å². The summed E-state index contributed by atoms with van der Waals surface area (Å²) >= 11 is 0. The van der Waals surface area contributed by atoms with Gasteiger partial charge in [-0.05, 0) is 36.6 Å². The Kier molecular flexibility index (Phi) is 7.35. The second-order valence-corrected chi connectivity index (χ2v) is 9.93. The highest BCUT2D eigenvalue weighted by atomic mass is 19.1. The normalized spacial score (nSPS) is 14.0. The zero-order valence-corrected chi connectivity index (χ0v) is 20.9. The average Bonchev–Trinajstić information content (AvgIpc) is 3.33. The number of halogens is 1. The van der Waals surface area contributed by atoms with Crippen LogP contribution in [0.3, 0.4) is 0 Å². The van der Waals surface area contributed by atoms with E-state index in [1.54, 1.807) is 19.1 Å². The van der Waals surface area contributed by atoms with E-state index in [0.29, 0.717) is 61.2 Å². The molecule has 1 aliphatic rings. The Morgan fingerprint density at radius 3 is 2.56 bits per heavy atom. The number of benzene rings is 1. The second kappa shape index (κ2) is 10.4. The second-order valence-electron chi connectivity index (χ2n) is 9.93. The van der Waals surface area contributed by atoms with Crippen LogP contribution < -0.4 is 15.5 Å². The molecular weight excluding hydrogens is 465 g/mol. The summed E-state index contributed by atoms with van der Waals surface area (Å²) < 4.78 is 24.9. The lowest BCUT2D eigenvalue weighted by Gasteiger charge is -2.29. The molecule has 0 saturated carbocycles. The van der Waals surface area contributed by atoms with E-state index in [9.17, 15) is 14.0 Å². The zero-order chi connectivity index (χ0) is 25.9. The Balaban J connectivity index is 1.50. The summed E-state index contributed by atoms with van der Waals surface area (Å²) in [5.41, 5.74) is 2.81. The molecule has 36 heavy (non-hydrogen) atoms. The van der Waals surface area contributed by atoms with Crippen molar-refractivity contribution < 1.29 is 23.2 Å². The summed E-state index contributed by atoms with van der Waals surface area (Å²) in [4.78, 5) is 31.7. The van der Waals surface area contributed by atoms with Crippen LogP contribution in [0.25, 0.3) is 11.3 Å². The molecule has 0 atom stereocenters. The van der Waals surface area contributed by atoms with Gasteiger partial charge in [0.1, 0.15) is 11.5 Å². The predicted molar refractivity (Wildman–Crippen MR) is 134 cm³/mol. The van der Waals surface area contributed by atoms with Gasteiger partial charge in [0.05, 0.1) is 25.1 Å². The molecular formula is C26H30FN5O4. The van der Waals surface area contributed by atoms with E-state index in [1.807, 2.05) is 25.7 Å². The molecule has 0 unspecified atom stereocenters. The van der Waals surface area contributed by atoms with Crippen LogP contribution in [0.5, 0.6) is 0 Å². The monoisotopic (exact) mass is 495 g/mol. The number of morpholine rings is 1. The molecule has 9 nitrogen and oxygen atoms in total. The van der Waals surface area contributed by atoms with Crippen LogP contribution >= 0.6 is 0 Å². The first kappa shape index (κ1) is 25.3. The van der Waals surface area contributed by atoms with Gasteiger partial charge in [0.25, 0.3) is 11.8 Å². The van der Waals surface area contributed by atoms with Crippen molar-refractivity contribution in [1.82, 2.24) is 15.5 Å². The minimum absolute atomic E-state index is 0.0732. The molecule has 2 amide bonds. The fraction of sp³-hybridized carbons (Fsp3) is 0.385. The number of hydrogen-bond donors (Lipinski definition) is 2. The molecule has 1 aliphatic heterocycles. The Hall–Kier alpha value is -3.79. The maximum atomic E-state index is 14.3. The molecule has 1 aromatic carbocycles. The van der Waals surface area contributed by atoms with Gasteiger partial charge in [-0.25, -0.2) is 4.39 Å². The van der Waals surface area contributed by atoms with Crippen molar-refractivity contribution in [2.45, 2.75) is 27.7 Å². The average molecular weight is 496 g/mol. The van der Waals surface area contributed by atoms with Crippen molar-refractivity contribution in [3.8, 4) is 11.3 Å². The van der Waals surface area contributed by atoms with Crippen LogP contribution in [0.2, 0.25) is 0 Å². The van der Waals surface area contributed by atoms with E-state index in [4.69, 9.17) is 9.26 Å². The number of anilines is 2. The maximum Gasteiger partial charge on any atom is 0.289 e. The number of carbonyl (C=O) groups excluding carboxylic acids is 2. The van der Waals surface area contributed by atoms with Gasteiger partial charge in [0, 0.05) is 48.2 Å². The number of pyridine rings is 1. The highest BCUT2D eigenvalue weighted by molar-refractivity contribution is 6.05. The fourth-order valence-corrected chi connectivity index (χ4v) is 3.72. The highest BCUT2D eigenvalue weighted by Gasteiger charge is 2.20. The Labute approximate surface area is 209 Å². The van der Waals surface area contributed by atoms with E-state index in [-0.39, 0.29) is 22.6 Å². The molecule has 3 heterocycles. The molecule has 1 fully saturated rings. The molecule has 0 bridgehead atoms. The van der Waals surface area contributed by atoms with E-state index in [2.05, 4.69) is 20.8 Å². The smallest absolute Gasteiger partial charge is 0.289 e. The van der Waals surface area contributed by atoms with Crippen LogP contribution in [-0.2, 0) is 4.74 Å². The number of aryl methyl sites for hydroxylation is 1. The molecule has 0 aliphatic carbocycles. The number of nitrogens with zero attached hydrogens (tertiary/aromatic N) is 3.